The molecule has 1 fully saturated rings. The monoisotopic (exact) mass is 222 g/mol. The number of nitrogens with zero attached hydrogens (tertiary/aromatic N) is 1. The zero-order valence-corrected chi connectivity index (χ0v) is 9.58. The molecule has 0 bridgehead atoms. The van der Waals surface area contributed by atoms with Crippen molar-refractivity contribution in [1.29, 1.82) is 0 Å². The number of hydrogen-bond donors (Lipinski definition) is 1. The fraction of sp³-hybridized carbons (Fsp3) is 0.538. The molecule has 0 aromatic heterocycles. The van der Waals surface area contributed by atoms with E-state index >= 15 is 0 Å². The lowest BCUT2D eigenvalue weighted by Gasteiger charge is -2.20. The van der Waals surface area contributed by atoms with Crippen molar-refractivity contribution in [3.05, 3.63) is 29.6 Å². The lowest BCUT2D eigenvalue weighted by atomic mass is 10.1. The van der Waals surface area contributed by atoms with Crippen molar-refractivity contribution >= 4 is 5.69 Å². The van der Waals surface area contributed by atoms with Crippen molar-refractivity contribution in [3.63, 3.8) is 0 Å². The van der Waals surface area contributed by atoms with Crippen molar-refractivity contribution < 1.29 is 4.39 Å². The average molecular weight is 222 g/mol. The number of benzene rings is 1. The van der Waals surface area contributed by atoms with Crippen LogP contribution in [-0.2, 0) is 6.54 Å². The molecule has 1 heterocycles. The van der Waals surface area contributed by atoms with Crippen LogP contribution in [0.1, 0.15) is 31.2 Å². The number of anilines is 1. The molecule has 1 aromatic rings. The summed E-state index contributed by atoms with van der Waals surface area (Å²) in [5.41, 5.74) is 7.47. The third-order valence-corrected chi connectivity index (χ3v) is 3.20. The van der Waals surface area contributed by atoms with Crippen LogP contribution in [0.4, 0.5) is 10.1 Å². The van der Waals surface area contributed by atoms with Gasteiger partial charge in [-0.15, -0.1) is 0 Å². The minimum atomic E-state index is -0.195. The highest BCUT2D eigenvalue weighted by Crippen LogP contribution is 2.18. The molecule has 1 aliphatic heterocycles. The summed E-state index contributed by atoms with van der Waals surface area (Å²) >= 11 is 0. The molecular weight excluding hydrogens is 203 g/mol. The topological polar surface area (TPSA) is 29.3 Å². The van der Waals surface area contributed by atoms with Crippen LogP contribution < -0.4 is 5.73 Å². The van der Waals surface area contributed by atoms with E-state index in [1.807, 2.05) is 0 Å². The summed E-state index contributed by atoms with van der Waals surface area (Å²) < 4.78 is 13.1. The number of rotatable bonds is 2. The van der Waals surface area contributed by atoms with Crippen molar-refractivity contribution in [1.82, 2.24) is 4.90 Å². The molecule has 0 aliphatic carbocycles. The van der Waals surface area contributed by atoms with E-state index in [9.17, 15) is 4.39 Å². The first-order chi connectivity index (χ1) is 7.75. The van der Waals surface area contributed by atoms with Crippen LogP contribution in [-0.4, -0.2) is 18.0 Å². The molecule has 0 spiro atoms. The molecule has 3 heteroatoms. The van der Waals surface area contributed by atoms with E-state index in [4.69, 9.17) is 5.73 Å². The Bertz CT molecular complexity index is 344. The van der Waals surface area contributed by atoms with E-state index in [1.54, 1.807) is 12.1 Å². The van der Waals surface area contributed by atoms with Crippen LogP contribution in [0.2, 0.25) is 0 Å². The standard InChI is InChI=1S/C13H19FN2/c14-12-5-6-13(15)11(9-12)10-16-7-3-1-2-4-8-16/h5-6,9H,1-4,7-8,10,15H2. The molecule has 0 saturated carbocycles. The van der Waals surface area contributed by atoms with Gasteiger partial charge in [-0.25, -0.2) is 4.39 Å². The maximum atomic E-state index is 13.1. The van der Waals surface area contributed by atoms with Gasteiger partial charge in [0.1, 0.15) is 5.82 Å². The number of nitrogen functional groups attached to an aromatic ring is 1. The Hall–Kier alpha value is -1.09. The van der Waals surface area contributed by atoms with Crippen LogP contribution in [0.25, 0.3) is 0 Å². The molecule has 0 unspecified atom stereocenters. The van der Waals surface area contributed by atoms with Gasteiger partial charge in [0.2, 0.25) is 0 Å². The highest BCUT2D eigenvalue weighted by Gasteiger charge is 2.11. The van der Waals surface area contributed by atoms with Gasteiger partial charge < -0.3 is 5.73 Å². The third-order valence-electron chi connectivity index (χ3n) is 3.20. The highest BCUT2D eigenvalue weighted by molar-refractivity contribution is 5.46. The molecule has 0 atom stereocenters. The van der Waals surface area contributed by atoms with Gasteiger partial charge in [0, 0.05) is 12.2 Å². The molecule has 2 nitrogen and oxygen atoms in total. The summed E-state index contributed by atoms with van der Waals surface area (Å²) in [7, 11) is 0. The van der Waals surface area contributed by atoms with Gasteiger partial charge >= 0.3 is 0 Å². The van der Waals surface area contributed by atoms with Crippen LogP contribution >= 0.6 is 0 Å². The van der Waals surface area contributed by atoms with E-state index in [0.717, 1.165) is 25.2 Å². The molecular formula is C13H19FN2. The second-order valence-electron chi connectivity index (χ2n) is 4.53. The second kappa shape index (κ2) is 5.30. The van der Waals surface area contributed by atoms with Crippen LogP contribution in [0, 0.1) is 5.82 Å². The van der Waals surface area contributed by atoms with Gasteiger partial charge in [0.15, 0.2) is 0 Å². The van der Waals surface area contributed by atoms with Crippen molar-refractivity contribution in [3.8, 4) is 0 Å². The zero-order valence-electron chi connectivity index (χ0n) is 9.58. The van der Waals surface area contributed by atoms with Crippen LogP contribution in [0.15, 0.2) is 18.2 Å². The summed E-state index contributed by atoms with van der Waals surface area (Å²) in [6, 6.07) is 4.63. The Morgan fingerprint density at radius 3 is 2.50 bits per heavy atom. The summed E-state index contributed by atoms with van der Waals surface area (Å²) in [4.78, 5) is 2.37. The number of nitrogens with two attached hydrogens (primary N) is 1. The lowest BCUT2D eigenvalue weighted by molar-refractivity contribution is 0.277. The Balaban J connectivity index is 2.04. The summed E-state index contributed by atoms with van der Waals surface area (Å²) in [5.74, 6) is -0.195. The molecule has 2 rings (SSSR count). The first-order valence-corrected chi connectivity index (χ1v) is 6.02. The molecule has 1 aromatic carbocycles. The smallest absolute Gasteiger partial charge is 0.123 e. The highest BCUT2D eigenvalue weighted by atomic mass is 19.1. The van der Waals surface area contributed by atoms with E-state index in [1.165, 1.54) is 31.7 Å². The predicted molar refractivity (Wildman–Crippen MR) is 64.6 cm³/mol. The minimum absolute atomic E-state index is 0.195. The average Bonchev–Trinajstić information content (AvgIpc) is 2.52. The van der Waals surface area contributed by atoms with Gasteiger partial charge in [-0.2, -0.15) is 0 Å². The predicted octanol–water partition coefficient (Wildman–Crippen LogP) is 2.78. The molecule has 0 amide bonds. The SMILES string of the molecule is Nc1ccc(F)cc1CN1CCCCCC1. The first kappa shape index (κ1) is 11.4. The maximum Gasteiger partial charge on any atom is 0.123 e. The van der Waals surface area contributed by atoms with Gasteiger partial charge in [0.25, 0.3) is 0 Å². The summed E-state index contributed by atoms with van der Waals surface area (Å²) in [6.45, 7) is 3.00. The Morgan fingerprint density at radius 2 is 1.81 bits per heavy atom. The van der Waals surface area contributed by atoms with E-state index in [2.05, 4.69) is 4.90 Å². The van der Waals surface area contributed by atoms with Gasteiger partial charge in [-0.1, -0.05) is 12.8 Å². The number of halogens is 1. The normalized spacial score (nSPS) is 18.3. The molecule has 1 aliphatic rings. The second-order valence-corrected chi connectivity index (χ2v) is 4.53. The summed E-state index contributed by atoms with van der Waals surface area (Å²) in [5, 5.41) is 0. The fourth-order valence-electron chi connectivity index (χ4n) is 2.25. The Kier molecular flexibility index (Phi) is 3.78. The molecule has 88 valence electrons. The van der Waals surface area contributed by atoms with Crippen LogP contribution in [0.3, 0.4) is 0 Å². The molecule has 16 heavy (non-hydrogen) atoms. The minimum Gasteiger partial charge on any atom is -0.398 e. The van der Waals surface area contributed by atoms with E-state index in [-0.39, 0.29) is 5.82 Å². The van der Waals surface area contributed by atoms with Gasteiger partial charge in [-0.3, -0.25) is 4.90 Å². The van der Waals surface area contributed by atoms with Crippen molar-refractivity contribution in [2.24, 2.45) is 0 Å². The lowest BCUT2D eigenvalue weighted by Crippen LogP contribution is -2.24. The molecule has 1 saturated heterocycles. The number of hydrogen-bond acceptors (Lipinski definition) is 2. The molecule has 0 radical (unpaired) electrons. The first-order valence-electron chi connectivity index (χ1n) is 6.02. The Morgan fingerprint density at radius 1 is 1.12 bits per heavy atom. The Labute approximate surface area is 96.2 Å². The quantitative estimate of drug-likeness (QED) is 0.780. The zero-order chi connectivity index (χ0) is 11.4. The van der Waals surface area contributed by atoms with Gasteiger partial charge in [0.05, 0.1) is 0 Å². The van der Waals surface area contributed by atoms with Crippen molar-refractivity contribution in [2.45, 2.75) is 32.2 Å². The van der Waals surface area contributed by atoms with E-state index in [0.29, 0.717) is 5.69 Å². The van der Waals surface area contributed by atoms with E-state index < -0.39 is 0 Å². The summed E-state index contributed by atoms with van der Waals surface area (Å²) in [6.07, 6.45) is 5.12. The van der Waals surface area contributed by atoms with Gasteiger partial charge in [-0.05, 0) is 49.7 Å². The van der Waals surface area contributed by atoms with Crippen LogP contribution in [0.5, 0.6) is 0 Å². The third kappa shape index (κ3) is 2.95. The number of likely N-dealkylation sites (tertiary alicyclic amines) is 1. The van der Waals surface area contributed by atoms with Crippen molar-refractivity contribution in [2.75, 3.05) is 18.8 Å². The largest absolute Gasteiger partial charge is 0.398 e. The fourth-order valence-corrected chi connectivity index (χ4v) is 2.25. The molecule has 2 N–H and O–H groups in total. The maximum absolute atomic E-state index is 13.1.